The molecular formula is C24H20N2O4. The Balaban J connectivity index is 1.49. The van der Waals surface area contributed by atoms with Crippen LogP contribution in [0.25, 0.3) is 0 Å². The molecule has 1 atom stereocenters. The number of rotatable bonds is 5. The van der Waals surface area contributed by atoms with Gasteiger partial charge in [0.1, 0.15) is 0 Å². The number of carbonyl (C=O) groups is 2. The Hall–Kier alpha value is -3.80. The van der Waals surface area contributed by atoms with Gasteiger partial charge in [-0.05, 0) is 28.8 Å². The lowest BCUT2D eigenvalue weighted by Crippen LogP contribution is -2.46. The van der Waals surface area contributed by atoms with E-state index in [4.69, 9.17) is 9.47 Å². The van der Waals surface area contributed by atoms with Crippen LogP contribution in [0.1, 0.15) is 16.7 Å². The number of carbonyl (C=O) groups excluding carboxylic acids is 2. The Morgan fingerprint density at radius 3 is 2.30 bits per heavy atom. The summed E-state index contributed by atoms with van der Waals surface area (Å²) in [5.74, 6) is 1.03. The molecule has 1 N–H and O–H groups in total. The van der Waals surface area contributed by atoms with Gasteiger partial charge in [0, 0.05) is 6.42 Å². The Labute approximate surface area is 174 Å². The SMILES string of the molecule is O=C1NC(Cc2ccccc2)(c2ccccc2)C(=O)N1Cc1ccc2c(c1)OCO2. The zero-order valence-electron chi connectivity index (χ0n) is 16.2. The average Bonchev–Trinajstić information content (AvgIpc) is 3.34. The number of hydrogen-bond acceptors (Lipinski definition) is 4. The van der Waals surface area contributed by atoms with E-state index in [-0.39, 0.29) is 19.2 Å². The Morgan fingerprint density at radius 2 is 1.53 bits per heavy atom. The van der Waals surface area contributed by atoms with Crippen molar-refractivity contribution in [3.8, 4) is 11.5 Å². The predicted octanol–water partition coefficient (Wildman–Crippen LogP) is 3.61. The molecule has 0 bridgehead atoms. The monoisotopic (exact) mass is 400 g/mol. The van der Waals surface area contributed by atoms with Gasteiger partial charge in [0.15, 0.2) is 17.0 Å². The second-order valence-corrected chi connectivity index (χ2v) is 7.44. The zero-order chi connectivity index (χ0) is 20.6. The minimum Gasteiger partial charge on any atom is -0.454 e. The first-order valence-corrected chi connectivity index (χ1v) is 9.78. The highest BCUT2D eigenvalue weighted by atomic mass is 16.7. The molecule has 6 nitrogen and oxygen atoms in total. The molecule has 2 aliphatic heterocycles. The molecule has 30 heavy (non-hydrogen) atoms. The van der Waals surface area contributed by atoms with E-state index < -0.39 is 11.6 Å². The van der Waals surface area contributed by atoms with Crippen LogP contribution in [0.5, 0.6) is 11.5 Å². The normalized spacial score (nSPS) is 19.8. The average molecular weight is 400 g/mol. The van der Waals surface area contributed by atoms with E-state index in [1.807, 2.05) is 72.8 Å². The van der Waals surface area contributed by atoms with Crippen molar-refractivity contribution in [1.29, 1.82) is 0 Å². The van der Waals surface area contributed by atoms with Gasteiger partial charge < -0.3 is 14.8 Å². The quantitative estimate of drug-likeness (QED) is 0.665. The first-order chi connectivity index (χ1) is 14.7. The number of amides is 3. The van der Waals surface area contributed by atoms with Gasteiger partial charge in [0.25, 0.3) is 5.91 Å². The number of benzene rings is 3. The van der Waals surface area contributed by atoms with Crippen molar-refractivity contribution in [2.45, 2.75) is 18.5 Å². The number of urea groups is 1. The van der Waals surface area contributed by atoms with Crippen molar-refractivity contribution >= 4 is 11.9 Å². The standard InChI is InChI=1S/C24H20N2O4/c27-22-24(19-9-5-2-6-10-19,14-17-7-3-1-4-8-17)25-23(28)26(22)15-18-11-12-20-21(13-18)30-16-29-20/h1-13H,14-16H2,(H,25,28). The predicted molar refractivity (Wildman–Crippen MR) is 110 cm³/mol. The van der Waals surface area contributed by atoms with Gasteiger partial charge in [-0.3, -0.25) is 9.69 Å². The van der Waals surface area contributed by atoms with Crippen LogP contribution >= 0.6 is 0 Å². The summed E-state index contributed by atoms with van der Waals surface area (Å²) >= 11 is 0. The Morgan fingerprint density at radius 1 is 0.833 bits per heavy atom. The lowest BCUT2D eigenvalue weighted by atomic mass is 9.83. The van der Waals surface area contributed by atoms with E-state index in [0.717, 1.165) is 16.7 Å². The maximum Gasteiger partial charge on any atom is 0.325 e. The van der Waals surface area contributed by atoms with Gasteiger partial charge >= 0.3 is 6.03 Å². The highest BCUT2D eigenvalue weighted by Crippen LogP contribution is 2.36. The lowest BCUT2D eigenvalue weighted by molar-refractivity contribution is -0.132. The van der Waals surface area contributed by atoms with Crippen LogP contribution in [0, 0.1) is 0 Å². The van der Waals surface area contributed by atoms with Crippen LogP contribution in [-0.2, 0) is 23.3 Å². The summed E-state index contributed by atoms with van der Waals surface area (Å²) < 4.78 is 10.8. The third kappa shape index (κ3) is 3.06. The summed E-state index contributed by atoms with van der Waals surface area (Å²) in [7, 11) is 0. The van der Waals surface area contributed by atoms with E-state index in [1.165, 1.54) is 4.90 Å². The molecule has 0 radical (unpaired) electrons. The third-order valence-electron chi connectivity index (χ3n) is 5.53. The van der Waals surface area contributed by atoms with Crippen LogP contribution in [-0.4, -0.2) is 23.6 Å². The second kappa shape index (κ2) is 7.22. The highest BCUT2D eigenvalue weighted by Gasteiger charge is 2.52. The fraction of sp³-hybridized carbons (Fsp3) is 0.167. The molecule has 1 unspecified atom stereocenters. The maximum atomic E-state index is 13.7. The first kappa shape index (κ1) is 18.2. The van der Waals surface area contributed by atoms with Crippen LogP contribution in [0.4, 0.5) is 4.79 Å². The van der Waals surface area contributed by atoms with E-state index in [1.54, 1.807) is 6.07 Å². The first-order valence-electron chi connectivity index (χ1n) is 9.78. The molecule has 3 aromatic carbocycles. The summed E-state index contributed by atoms with van der Waals surface area (Å²) in [6.07, 6.45) is 0.375. The molecule has 150 valence electrons. The smallest absolute Gasteiger partial charge is 0.325 e. The molecule has 6 heteroatoms. The van der Waals surface area contributed by atoms with Crippen LogP contribution in [0.15, 0.2) is 78.9 Å². The number of fused-ring (bicyclic) bond motifs is 1. The van der Waals surface area contributed by atoms with Crippen molar-refractivity contribution in [3.05, 3.63) is 95.6 Å². The summed E-state index contributed by atoms with van der Waals surface area (Å²) in [5, 5.41) is 2.99. The van der Waals surface area contributed by atoms with Crippen molar-refractivity contribution in [2.75, 3.05) is 6.79 Å². The molecule has 2 aliphatic rings. The molecular weight excluding hydrogens is 380 g/mol. The third-order valence-corrected chi connectivity index (χ3v) is 5.53. The van der Waals surface area contributed by atoms with Crippen molar-refractivity contribution < 1.29 is 19.1 Å². The summed E-state index contributed by atoms with van der Waals surface area (Å²) in [4.78, 5) is 27.9. The zero-order valence-corrected chi connectivity index (χ0v) is 16.2. The fourth-order valence-electron chi connectivity index (χ4n) is 4.03. The van der Waals surface area contributed by atoms with E-state index in [2.05, 4.69) is 5.32 Å². The van der Waals surface area contributed by atoms with Gasteiger partial charge in [-0.25, -0.2) is 4.79 Å². The topological polar surface area (TPSA) is 67.9 Å². The number of imide groups is 1. The Kier molecular flexibility index (Phi) is 4.39. The number of nitrogens with zero attached hydrogens (tertiary/aromatic N) is 1. The maximum absolute atomic E-state index is 13.7. The van der Waals surface area contributed by atoms with Crippen LogP contribution in [0.2, 0.25) is 0 Å². The van der Waals surface area contributed by atoms with Crippen LogP contribution < -0.4 is 14.8 Å². The minimum absolute atomic E-state index is 0.157. The molecule has 0 spiro atoms. The van der Waals surface area contributed by atoms with Crippen molar-refractivity contribution in [2.24, 2.45) is 0 Å². The lowest BCUT2D eigenvalue weighted by Gasteiger charge is -2.27. The molecule has 0 saturated carbocycles. The van der Waals surface area contributed by atoms with E-state index in [9.17, 15) is 9.59 Å². The molecule has 3 aromatic rings. The van der Waals surface area contributed by atoms with Crippen LogP contribution in [0.3, 0.4) is 0 Å². The molecule has 0 aliphatic carbocycles. The van der Waals surface area contributed by atoms with Crippen molar-refractivity contribution in [1.82, 2.24) is 10.2 Å². The van der Waals surface area contributed by atoms with E-state index >= 15 is 0 Å². The van der Waals surface area contributed by atoms with Gasteiger partial charge in [-0.2, -0.15) is 0 Å². The minimum atomic E-state index is -1.14. The molecule has 1 fully saturated rings. The van der Waals surface area contributed by atoms with Gasteiger partial charge in [-0.1, -0.05) is 66.7 Å². The molecule has 3 amide bonds. The van der Waals surface area contributed by atoms with Gasteiger partial charge in [-0.15, -0.1) is 0 Å². The molecule has 5 rings (SSSR count). The second-order valence-electron chi connectivity index (χ2n) is 7.44. The fourth-order valence-corrected chi connectivity index (χ4v) is 4.03. The summed E-state index contributed by atoms with van der Waals surface area (Å²) in [5.41, 5.74) is 1.39. The Bertz CT molecular complexity index is 1100. The number of hydrogen-bond donors (Lipinski definition) is 1. The molecule has 1 saturated heterocycles. The van der Waals surface area contributed by atoms with E-state index in [0.29, 0.717) is 17.9 Å². The number of ether oxygens (including phenoxy) is 2. The number of nitrogens with one attached hydrogen (secondary N) is 1. The van der Waals surface area contributed by atoms with Gasteiger partial charge in [0.05, 0.1) is 6.54 Å². The van der Waals surface area contributed by atoms with Gasteiger partial charge in [0.2, 0.25) is 6.79 Å². The van der Waals surface area contributed by atoms with Crippen molar-refractivity contribution in [3.63, 3.8) is 0 Å². The highest BCUT2D eigenvalue weighted by molar-refractivity contribution is 6.07. The molecule has 0 aromatic heterocycles. The largest absolute Gasteiger partial charge is 0.454 e. The summed E-state index contributed by atoms with van der Waals surface area (Å²) in [6, 6.07) is 24.2. The molecule has 2 heterocycles. The summed E-state index contributed by atoms with van der Waals surface area (Å²) in [6.45, 7) is 0.334.